The van der Waals surface area contributed by atoms with Gasteiger partial charge >= 0.3 is 0 Å². The largest absolute Gasteiger partial charge is 0.242 e. The van der Waals surface area contributed by atoms with Crippen LogP contribution in [-0.4, -0.2) is 4.98 Å². The molecule has 1 aromatic heterocycles. The van der Waals surface area contributed by atoms with Crippen molar-refractivity contribution >= 4 is 17.4 Å². The Kier molecular flexibility index (Phi) is 1.95. The van der Waals surface area contributed by atoms with Gasteiger partial charge in [0.1, 0.15) is 5.69 Å². The molecule has 0 saturated carbocycles. The Labute approximate surface area is 56.9 Å². The molecule has 0 aliphatic heterocycles. The molecule has 0 aliphatic carbocycles. The molecule has 3 heteroatoms. The molecule has 0 spiro atoms. The topological polar surface area (TPSA) is 12.9 Å². The number of allylic oxidation sites excluding steroid dienone is 1. The van der Waals surface area contributed by atoms with Gasteiger partial charge in [-0.2, -0.15) is 4.39 Å². The van der Waals surface area contributed by atoms with Crippen LogP contribution in [0.4, 0.5) is 4.39 Å². The number of halogens is 1. The number of thiazole rings is 1. The molecule has 9 heavy (non-hydrogen) atoms. The lowest BCUT2D eigenvalue weighted by atomic mass is 10.4. The SMILES string of the molecule is C/C=C/c1ncsc1F. The summed E-state index contributed by atoms with van der Waals surface area (Å²) in [7, 11) is 0. The van der Waals surface area contributed by atoms with E-state index in [1.807, 2.05) is 6.92 Å². The summed E-state index contributed by atoms with van der Waals surface area (Å²) in [6.07, 6.45) is 3.41. The molecule has 0 atom stereocenters. The Bertz CT molecular complexity index is 217. The van der Waals surface area contributed by atoms with Gasteiger partial charge in [0.15, 0.2) is 0 Å². The maximum Gasteiger partial charge on any atom is 0.203 e. The monoisotopic (exact) mass is 143 g/mol. The standard InChI is InChI=1S/C6H6FNS/c1-2-3-5-6(7)9-4-8-5/h2-4H,1H3/b3-2+. The molecule has 1 heterocycles. The lowest BCUT2D eigenvalue weighted by Gasteiger charge is -1.79. The smallest absolute Gasteiger partial charge is 0.203 e. The highest BCUT2D eigenvalue weighted by Crippen LogP contribution is 2.10. The molecule has 1 nitrogen and oxygen atoms in total. The molecular formula is C6H6FNS. The van der Waals surface area contributed by atoms with E-state index in [4.69, 9.17) is 0 Å². The van der Waals surface area contributed by atoms with Crippen LogP contribution in [0, 0.1) is 5.13 Å². The minimum absolute atomic E-state index is 0.215. The van der Waals surface area contributed by atoms with E-state index in [9.17, 15) is 4.39 Å². The summed E-state index contributed by atoms with van der Waals surface area (Å²) in [6.45, 7) is 1.83. The fraction of sp³-hybridized carbons (Fsp3) is 0.167. The van der Waals surface area contributed by atoms with Gasteiger partial charge in [0, 0.05) is 0 Å². The molecule has 0 bridgehead atoms. The molecule has 0 amide bonds. The first kappa shape index (κ1) is 6.42. The predicted octanol–water partition coefficient (Wildman–Crippen LogP) is 2.32. The fourth-order valence-electron chi connectivity index (χ4n) is 0.507. The van der Waals surface area contributed by atoms with E-state index >= 15 is 0 Å². The van der Waals surface area contributed by atoms with Crippen molar-refractivity contribution in [1.82, 2.24) is 4.98 Å². The fourth-order valence-corrected chi connectivity index (χ4v) is 1.01. The van der Waals surface area contributed by atoms with Crippen LogP contribution >= 0.6 is 11.3 Å². The minimum atomic E-state index is -0.215. The van der Waals surface area contributed by atoms with Crippen LogP contribution in [-0.2, 0) is 0 Å². The summed E-state index contributed by atoms with van der Waals surface area (Å²) in [5.74, 6) is 0. The van der Waals surface area contributed by atoms with Gasteiger partial charge in [-0.1, -0.05) is 17.4 Å². The summed E-state index contributed by atoms with van der Waals surface area (Å²) in [4.78, 5) is 3.76. The molecule has 1 aromatic rings. The quantitative estimate of drug-likeness (QED) is 0.588. The first-order valence-corrected chi connectivity index (χ1v) is 3.44. The zero-order valence-electron chi connectivity index (χ0n) is 4.97. The third-order valence-electron chi connectivity index (χ3n) is 0.874. The van der Waals surface area contributed by atoms with Crippen molar-refractivity contribution in [3.63, 3.8) is 0 Å². The van der Waals surface area contributed by atoms with Crippen LogP contribution in [0.15, 0.2) is 11.6 Å². The van der Waals surface area contributed by atoms with Gasteiger partial charge in [0.25, 0.3) is 0 Å². The highest BCUT2D eigenvalue weighted by molar-refractivity contribution is 7.08. The van der Waals surface area contributed by atoms with Crippen molar-refractivity contribution in [2.24, 2.45) is 0 Å². The average Bonchev–Trinajstić information content (AvgIpc) is 2.18. The van der Waals surface area contributed by atoms with Crippen LogP contribution in [0.5, 0.6) is 0 Å². The third-order valence-corrected chi connectivity index (χ3v) is 1.50. The highest BCUT2D eigenvalue weighted by Gasteiger charge is 1.97. The van der Waals surface area contributed by atoms with E-state index in [0.29, 0.717) is 5.69 Å². The van der Waals surface area contributed by atoms with Gasteiger partial charge in [-0.05, 0) is 13.0 Å². The maximum absolute atomic E-state index is 12.4. The first-order valence-electron chi connectivity index (χ1n) is 2.56. The molecule has 0 radical (unpaired) electrons. The summed E-state index contributed by atoms with van der Waals surface area (Å²) in [6, 6.07) is 0. The molecule has 0 aliphatic rings. The second-order valence-electron chi connectivity index (χ2n) is 1.51. The molecule has 0 fully saturated rings. The van der Waals surface area contributed by atoms with Gasteiger partial charge in [-0.15, -0.1) is 0 Å². The van der Waals surface area contributed by atoms with Crippen LogP contribution in [0.25, 0.3) is 6.08 Å². The molecular weight excluding hydrogens is 137 g/mol. The van der Waals surface area contributed by atoms with Gasteiger partial charge in [0.05, 0.1) is 5.51 Å². The molecule has 0 N–H and O–H groups in total. The molecule has 0 saturated heterocycles. The van der Waals surface area contributed by atoms with Crippen molar-refractivity contribution in [3.05, 3.63) is 22.4 Å². The number of hydrogen-bond donors (Lipinski definition) is 0. The number of aromatic nitrogens is 1. The summed E-state index contributed by atoms with van der Waals surface area (Å²) >= 11 is 1.02. The van der Waals surface area contributed by atoms with Gasteiger partial charge in [-0.3, -0.25) is 0 Å². The molecule has 48 valence electrons. The first-order chi connectivity index (χ1) is 4.34. The van der Waals surface area contributed by atoms with E-state index in [2.05, 4.69) is 4.98 Å². The van der Waals surface area contributed by atoms with E-state index in [1.165, 1.54) is 5.51 Å². The zero-order chi connectivity index (χ0) is 6.69. The second-order valence-corrected chi connectivity index (χ2v) is 2.32. The average molecular weight is 143 g/mol. The molecule has 1 rings (SSSR count). The van der Waals surface area contributed by atoms with Crippen molar-refractivity contribution in [2.75, 3.05) is 0 Å². The Morgan fingerprint density at radius 1 is 1.78 bits per heavy atom. The lowest BCUT2D eigenvalue weighted by molar-refractivity contribution is 0.650. The van der Waals surface area contributed by atoms with Gasteiger partial charge in [-0.25, -0.2) is 4.98 Å². The van der Waals surface area contributed by atoms with Crippen LogP contribution in [0.3, 0.4) is 0 Å². The molecule has 0 unspecified atom stereocenters. The van der Waals surface area contributed by atoms with E-state index < -0.39 is 0 Å². The molecule has 0 aromatic carbocycles. The van der Waals surface area contributed by atoms with Gasteiger partial charge in [0.2, 0.25) is 5.13 Å². The van der Waals surface area contributed by atoms with Crippen molar-refractivity contribution in [1.29, 1.82) is 0 Å². The predicted molar refractivity (Wildman–Crippen MR) is 36.8 cm³/mol. The van der Waals surface area contributed by atoms with Crippen LogP contribution in [0.2, 0.25) is 0 Å². The minimum Gasteiger partial charge on any atom is -0.242 e. The summed E-state index contributed by atoms with van der Waals surface area (Å²) < 4.78 is 12.4. The van der Waals surface area contributed by atoms with E-state index in [0.717, 1.165) is 11.3 Å². The number of rotatable bonds is 1. The highest BCUT2D eigenvalue weighted by atomic mass is 32.1. The maximum atomic E-state index is 12.4. The zero-order valence-corrected chi connectivity index (χ0v) is 5.78. The van der Waals surface area contributed by atoms with Crippen molar-refractivity contribution in [2.45, 2.75) is 6.92 Å². The van der Waals surface area contributed by atoms with E-state index in [1.54, 1.807) is 12.2 Å². The summed E-state index contributed by atoms with van der Waals surface area (Å²) in [5, 5.41) is -0.215. The third kappa shape index (κ3) is 1.36. The van der Waals surface area contributed by atoms with Gasteiger partial charge < -0.3 is 0 Å². The lowest BCUT2D eigenvalue weighted by Crippen LogP contribution is -1.71. The van der Waals surface area contributed by atoms with Crippen molar-refractivity contribution < 1.29 is 4.39 Å². The number of hydrogen-bond acceptors (Lipinski definition) is 2. The summed E-state index contributed by atoms with van der Waals surface area (Å²) in [5.41, 5.74) is 1.92. The van der Waals surface area contributed by atoms with Crippen LogP contribution < -0.4 is 0 Å². The van der Waals surface area contributed by atoms with Crippen molar-refractivity contribution in [3.8, 4) is 0 Å². The van der Waals surface area contributed by atoms with E-state index in [-0.39, 0.29) is 5.13 Å². The Morgan fingerprint density at radius 2 is 2.56 bits per heavy atom. The Balaban J connectivity index is 2.94. The Morgan fingerprint density at radius 3 is 3.00 bits per heavy atom. The Hall–Kier alpha value is -0.700. The number of nitrogens with zero attached hydrogens (tertiary/aromatic N) is 1. The second kappa shape index (κ2) is 2.73. The normalized spacial score (nSPS) is 10.9. The van der Waals surface area contributed by atoms with Crippen LogP contribution in [0.1, 0.15) is 12.6 Å².